The molecule has 1 aromatic carbocycles. The predicted molar refractivity (Wildman–Crippen MR) is 83.3 cm³/mol. The second-order valence-corrected chi connectivity index (χ2v) is 6.43. The van der Waals surface area contributed by atoms with Gasteiger partial charge in [-0.05, 0) is 62.3 Å². The van der Waals surface area contributed by atoms with Gasteiger partial charge in [-0.25, -0.2) is 4.39 Å². The van der Waals surface area contributed by atoms with Crippen molar-refractivity contribution in [3.8, 4) is 0 Å². The topological polar surface area (TPSA) is 12.0 Å². The van der Waals surface area contributed by atoms with Gasteiger partial charge in [0.15, 0.2) is 0 Å². The highest BCUT2D eigenvalue weighted by Gasteiger charge is 2.20. The molecule has 1 N–H and O–H groups in total. The summed E-state index contributed by atoms with van der Waals surface area (Å²) in [6.45, 7) is 5.67. The van der Waals surface area contributed by atoms with Gasteiger partial charge in [-0.2, -0.15) is 0 Å². The fourth-order valence-corrected chi connectivity index (χ4v) is 3.26. The zero-order valence-corrected chi connectivity index (χ0v) is 12.9. The molecule has 0 amide bonds. The van der Waals surface area contributed by atoms with E-state index < -0.39 is 0 Å². The molecular formula is C18H28FN. The Kier molecular flexibility index (Phi) is 6.03. The minimum absolute atomic E-state index is 0.151. The fraction of sp³-hybridized carbons (Fsp3) is 0.667. The lowest BCUT2D eigenvalue weighted by molar-refractivity contribution is 0.257. The van der Waals surface area contributed by atoms with E-state index in [0.717, 1.165) is 24.8 Å². The predicted octanol–water partition coefficient (Wildman–Crippen LogP) is 4.56. The highest BCUT2D eigenvalue weighted by molar-refractivity contribution is 5.16. The van der Waals surface area contributed by atoms with Crippen molar-refractivity contribution in [3.05, 3.63) is 35.6 Å². The molecule has 112 valence electrons. The van der Waals surface area contributed by atoms with E-state index in [1.807, 2.05) is 12.1 Å². The van der Waals surface area contributed by atoms with Crippen LogP contribution < -0.4 is 5.32 Å². The summed E-state index contributed by atoms with van der Waals surface area (Å²) < 4.78 is 12.9. The molecule has 1 saturated carbocycles. The smallest absolute Gasteiger partial charge is 0.123 e. The maximum atomic E-state index is 12.9. The average molecular weight is 277 g/mol. The summed E-state index contributed by atoms with van der Waals surface area (Å²) in [6.07, 6.45) is 7.92. The van der Waals surface area contributed by atoms with Gasteiger partial charge in [-0.15, -0.1) is 0 Å². The molecule has 0 spiro atoms. The molecule has 1 aliphatic rings. The molecule has 1 fully saturated rings. The zero-order valence-electron chi connectivity index (χ0n) is 12.9. The van der Waals surface area contributed by atoms with Crippen molar-refractivity contribution in [2.45, 2.75) is 58.4 Å². The van der Waals surface area contributed by atoms with Crippen molar-refractivity contribution < 1.29 is 4.39 Å². The molecule has 1 atom stereocenters. The molecule has 0 bridgehead atoms. The quantitative estimate of drug-likeness (QED) is 0.803. The minimum atomic E-state index is -0.151. The Labute approximate surface area is 123 Å². The van der Waals surface area contributed by atoms with Crippen LogP contribution >= 0.6 is 0 Å². The maximum Gasteiger partial charge on any atom is 0.123 e. The van der Waals surface area contributed by atoms with Crippen LogP contribution in [0.5, 0.6) is 0 Å². The van der Waals surface area contributed by atoms with E-state index in [4.69, 9.17) is 0 Å². The Hall–Kier alpha value is -0.890. The van der Waals surface area contributed by atoms with Crippen molar-refractivity contribution in [2.75, 3.05) is 6.54 Å². The summed E-state index contributed by atoms with van der Waals surface area (Å²) in [4.78, 5) is 0. The van der Waals surface area contributed by atoms with Gasteiger partial charge in [0.25, 0.3) is 0 Å². The third kappa shape index (κ3) is 4.90. The van der Waals surface area contributed by atoms with E-state index in [1.165, 1.54) is 37.7 Å². The first-order valence-corrected chi connectivity index (χ1v) is 8.15. The molecule has 0 radical (unpaired) electrons. The summed E-state index contributed by atoms with van der Waals surface area (Å²) >= 11 is 0. The van der Waals surface area contributed by atoms with Crippen molar-refractivity contribution in [1.82, 2.24) is 5.32 Å². The second-order valence-electron chi connectivity index (χ2n) is 6.43. The van der Waals surface area contributed by atoms with Gasteiger partial charge in [-0.1, -0.05) is 38.3 Å². The van der Waals surface area contributed by atoms with Gasteiger partial charge in [0, 0.05) is 6.04 Å². The average Bonchev–Trinajstić information content (AvgIpc) is 2.48. The van der Waals surface area contributed by atoms with Crippen molar-refractivity contribution in [3.63, 3.8) is 0 Å². The summed E-state index contributed by atoms with van der Waals surface area (Å²) in [5, 5.41) is 3.65. The first-order valence-electron chi connectivity index (χ1n) is 8.15. The van der Waals surface area contributed by atoms with E-state index >= 15 is 0 Å². The number of benzene rings is 1. The molecule has 0 heterocycles. The van der Waals surface area contributed by atoms with Crippen LogP contribution in [0, 0.1) is 17.7 Å². The highest BCUT2D eigenvalue weighted by atomic mass is 19.1. The Morgan fingerprint density at radius 3 is 2.30 bits per heavy atom. The summed E-state index contributed by atoms with van der Waals surface area (Å²) in [6, 6.07) is 7.34. The van der Waals surface area contributed by atoms with Crippen LogP contribution in [0.15, 0.2) is 24.3 Å². The van der Waals surface area contributed by atoms with E-state index in [-0.39, 0.29) is 5.82 Å². The lowest BCUT2D eigenvalue weighted by Gasteiger charge is -2.29. The van der Waals surface area contributed by atoms with Crippen molar-refractivity contribution in [1.29, 1.82) is 0 Å². The molecular weight excluding hydrogens is 249 g/mol. The van der Waals surface area contributed by atoms with Gasteiger partial charge in [0.1, 0.15) is 5.82 Å². The molecule has 0 aliphatic heterocycles. The normalized spacial score (nSPS) is 24.6. The molecule has 20 heavy (non-hydrogen) atoms. The van der Waals surface area contributed by atoms with Gasteiger partial charge >= 0.3 is 0 Å². The van der Waals surface area contributed by atoms with Crippen LogP contribution in [0.3, 0.4) is 0 Å². The summed E-state index contributed by atoms with van der Waals surface area (Å²) in [7, 11) is 0. The van der Waals surface area contributed by atoms with Crippen LogP contribution in [0.1, 0.15) is 51.5 Å². The third-order valence-electron chi connectivity index (χ3n) is 4.75. The van der Waals surface area contributed by atoms with Crippen molar-refractivity contribution >= 4 is 0 Å². The first-order chi connectivity index (χ1) is 9.67. The molecule has 1 aliphatic carbocycles. The van der Waals surface area contributed by atoms with Crippen molar-refractivity contribution in [2.24, 2.45) is 11.8 Å². The number of hydrogen-bond acceptors (Lipinski definition) is 1. The molecule has 1 aromatic rings. The van der Waals surface area contributed by atoms with E-state index in [0.29, 0.717) is 6.04 Å². The molecule has 2 heteroatoms. The summed E-state index contributed by atoms with van der Waals surface area (Å²) in [5.41, 5.74) is 1.21. The first kappa shape index (κ1) is 15.5. The lowest BCUT2D eigenvalue weighted by atomic mass is 9.81. The zero-order chi connectivity index (χ0) is 14.4. The molecule has 1 nitrogen and oxygen atoms in total. The monoisotopic (exact) mass is 277 g/mol. The lowest BCUT2D eigenvalue weighted by Crippen LogP contribution is -2.34. The third-order valence-corrected chi connectivity index (χ3v) is 4.75. The Bertz CT molecular complexity index is 379. The SMILES string of the molecule is CCC1CCC(CNC(C)Cc2ccc(F)cc2)CC1. The van der Waals surface area contributed by atoms with E-state index in [9.17, 15) is 4.39 Å². The minimum Gasteiger partial charge on any atom is -0.314 e. The van der Waals surface area contributed by atoms with Crippen LogP contribution in [0.4, 0.5) is 4.39 Å². The summed E-state index contributed by atoms with van der Waals surface area (Å²) in [5.74, 6) is 1.68. The Morgan fingerprint density at radius 1 is 1.10 bits per heavy atom. The number of nitrogens with one attached hydrogen (secondary N) is 1. The van der Waals surface area contributed by atoms with E-state index in [2.05, 4.69) is 19.2 Å². The largest absolute Gasteiger partial charge is 0.314 e. The number of halogens is 1. The van der Waals surface area contributed by atoms with Crippen LogP contribution in [0.25, 0.3) is 0 Å². The Balaban J connectivity index is 1.67. The van der Waals surface area contributed by atoms with Crippen LogP contribution in [0.2, 0.25) is 0 Å². The van der Waals surface area contributed by atoms with Gasteiger partial charge in [-0.3, -0.25) is 0 Å². The molecule has 0 saturated heterocycles. The van der Waals surface area contributed by atoms with Gasteiger partial charge < -0.3 is 5.32 Å². The molecule has 1 unspecified atom stereocenters. The van der Waals surface area contributed by atoms with E-state index in [1.54, 1.807) is 12.1 Å². The van der Waals surface area contributed by atoms with Crippen LogP contribution in [-0.4, -0.2) is 12.6 Å². The number of hydrogen-bond donors (Lipinski definition) is 1. The molecule has 0 aromatic heterocycles. The van der Waals surface area contributed by atoms with Gasteiger partial charge in [0.05, 0.1) is 0 Å². The fourth-order valence-electron chi connectivity index (χ4n) is 3.26. The maximum absolute atomic E-state index is 12.9. The second kappa shape index (κ2) is 7.78. The standard InChI is InChI=1S/C18H28FN/c1-3-15-4-6-17(7-5-15)13-20-14(2)12-16-8-10-18(19)11-9-16/h8-11,14-15,17,20H,3-7,12-13H2,1-2H3. The highest BCUT2D eigenvalue weighted by Crippen LogP contribution is 2.30. The molecule has 2 rings (SSSR count). The van der Waals surface area contributed by atoms with Gasteiger partial charge in [0.2, 0.25) is 0 Å². The number of rotatable bonds is 6. The Morgan fingerprint density at radius 2 is 1.70 bits per heavy atom. The van der Waals surface area contributed by atoms with Crippen LogP contribution in [-0.2, 0) is 6.42 Å².